The van der Waals surface area contributed by atoms with Crippen molar-refractivity contribution in [1.82, 2.24) is 0 Å². The minimum Gasteiger partial charge on any atom is -0.0861 e. The number of alkyl halides is 1. The second-order valence-corrected chi connectivity index (χ2v) is 5.53. The van der Waals surface area contributed by atoms with Crippen molar-refractivity contribution in [2.45, 2.75) is 32.1 Å². The summed E-state index contributed by atoms with van der Waals surface area (Å²) in [4.78, 5) is 0. The van der Waals surface area contributed by atoms with Gasteiger partial charge >= 0.3 is 0 Å². The summed E-state index contributed by atoms with van der Waals surface area (Å²) in [6.45, 7) is 0. The fraction of sp³-hybridized carbons (Fsp3) is 0.571. The average Bonchev–Trinajstić information content (AvgIpc) is 2.31. The van der Waals surface area contributed by atoms with Gasteiger partial charge in [0.05, 0.1) is 0 Å². The molecule has 0 aliphatic heterocycles. The van der Waals surface area contributed by atoms with Crippen LogP contribution in [0, 0.1) is 11.8 Å². The second kappa shape index (κ2) is 5.88. The van der Waals surface area contributed by atoms with Crippen molar-refractivity contribution in [1.29, 1.82) is 0 Å². The molecule has 0 saturated heterocycles. The lowest BCUT2D eigenvalue weighted by Gasteiger charge is -2.30. The van der Waals surface area contributed by atoms with Crippen LogP contribution in [0.5, 0.6) is 0 Å². The summed E-state index contributed by atoms with van der Waals surface area (Å²) < 4.78 is 1.34. The van der Waals surface area contributed by atoms with E-state index >= 15 is 0 Å². The van der Waals surface area contributed by atoms with Crippen LogP contribution in [0.15, 0.2) is 30.3 Å². The highest BCUT2D eigenvalue weighted by molar-refractivity contribution is 14.1. The third-order valence-electron chi connectivity index (χ3n) is 3.61. The fourth-order valence-corrected chi connectivity index (χ4v) is 3.83. The predicted octanol–water partition coefficient (Wildman–Crippen LogP) is 4.47. The molecule has 1 saturated carbocycles. The maximum atomic E-state index is 2.56. The van der Waals surface area contributed by atoms with Crippen molar-refractivity contribution >= 4 is 22.6 Å². The largest absolute Gasteiger partial charge is 0.0861 e. The third-order valence-corrected chi connectivity index (χ3v) is 4.74. The molecule has 1 aliphatic carbocycles. The van der Waals surface area contributed by atoms with Crippen molar-refractivity contribution in [2.75, 3.05) is 4.43 Å². The summed E-state index contributed by atoms with van der Waals surface area (Å²) in [7, 11) is 0. The van der Waals surface area contributed by atoms with Crippen LogP contribution >= 0.6 is 22.6 Å². The van der Waals surface area contributed by atoms with E-state index in [0.717, 1.165) is 11.8 Å². The van der Waals surface area contributed by atoms with Gasteiger partial charge in [-0.05, 0) is 36.7 Å². The molecule has 1 aliphatic rings. The second-order valence-electron chi connectivity index (χ2n) is 4.65. The van der Waals surface area contributed by atoms with Crippen LogP contribution in [0.25, 0.3) is 0 Å². The Bertz CT molecular complexity index is 281. The van der Waals surface area contributed by atoms with Crippen molar-refractivity contribution in [3.05, 3.63) is 35.9 Å². The van der Waals surface area contributed by atoms with Crippen molar-refractivity contribution in [3.8, 4) is 0 Å². The molecule has 15 heavy (non-hydrogen) atoms. The van der Waals surface area contributed by atoms with Gasteiger partial charge in [0, 0.05) is 4.43 Å². The molecule has 0 unspecified atom stereocenters. The monoisotopic (exact) mass is 314 g/mol. The van der Waals surface area contributed by atoms with Gasteiger partial charge in [0.2, 0.25) is 0 Å². The van der Waals surface area contributed by atoms with E-state index in [1.165, 1.54) is 42.1 Å². The van der Waals surface area contributed by atoms with Gasteiger partial charge in [0.25, 0.3) is 0 Å². The van der Waals surface area contributed by atoms with E-state index in [0.29, 0.717) is 0 Å². The molecule has 0 aromatic heterocycles. The van der Waals surface area contributed by atoms with Crippen molar-refractivity contribution in [2.24, 2.45) is 11.8 Å². The Balaban J connectivity index is 1.97. The van der Waals surface area contributed by atoms with Crippen LogP contribution < -0.4 is 0 Å². The van der Waals surface area contributed by atoms with Crippen LogP contribution in [0.2, 0.25) is 0 Å². The third kappa shape index (κ3) is 3.20. The minimum absolute atomic E-state index is 0.943. The van der Waals surface area contributed by atoms with Gasteiger partial charge in [-0.1, -0.05) is 65.8 Å². The lowest BCUT2D eigenvalue weighted by Crippen LogP contribution is -2.22. The zero-order valence-electron chi connectivity index (χ0n) is 9.16. The highest BCUT2D eigenvalue weighted by atomic mass is 127. The summed E-state index contributed by atoms with van der Waals surface area (Å²) in [5.41, 5.74) is 1.53. The van der Waals surface area contributed by atoms with Crippen LogP contribution in [0.3, 0.4) is 0 Å². The molecule has 1 aromatic carbocycles. The van der Waals surface area contributed by atoms with Gasteiger partial charge in [0.15, 0.2) is 0 Å². The molecule has 2 atom stereocenters. The maximum Gasteiger partial charge on any atom is 0.00264 e. The average molecular weight is 314 g/mol. The van der Waals surface area contributed by atoms with Crippen molar-refractivity contribution < 1.29 is 0 Å². The molecule has 1 fully saturated rings. The van der Waals surface area contributed by atoms with Gasteiger partial charge in [-0.15, -0.1) is 0 Å². The zero-order chi connectivity index (χ0) is 10.5. The zero-order valence-corrected chi connectivity index (χ0v) is 11.3. The first kappa shape index (κ1) is 11.4. The van der Waals surface area contributed by atoms with E-state index in [1.807, 2.05) is 0 Å². The molecule has 0 bridgehead atoms. The smallest absolute Gasteiger partial charge is 0.00264 e. The first-order valence-corrected chi connectivity index (χ1v) is 7.52. The Labute approximate surface area is 107 Å². The van der Waals surface area contributed by atoms with E-state index in [-0.39, 0.29) is 0 Å². The van der Waals surface area contributed by atoms with Crippen LogP contribution in [-0.4, -0.2) is 4.43 Å². The topological polar surface area (TPSA) is 0 Å². The Kier molecular flexibility index (Phi) is 4.48. The number of halogens is 1. The molecule has 0 nitrogen and oxygen atoms in total. The van der Waals surface area contributed by atoms with E-state index < -0.39 is 0 Å². The molecule has 0 amide bonds. The molecular weight excluding hydrogens is 295 g/mol. The lowest BCUT2D eigenvalue weighted by molar-refractivity contribution is 0.262. The summed E-state index contributed by atoms with van der Waals surface area (Å²) in [5.74, 6) is 1.91. The minimum atomic E-state index is 0.943. The Morgan fingerprint density at radius 3 is 2.33 bits per heavy atom. The quantitative estimate of drug-likeness (QED) is 0.570. The first-order valence-electron chi connectivity index (χ1n) is 6.00. The summed E-state index contributed by atoms with van der Waals surface area (Å²) >= 11 is 2.56. The molecule has 2 rings (SSSR count). The SMILES string of the molecule is IC[C@@H]1CCCC[C@H]1Cc1ccccc1. The summed E-state index contributed by atoms with van der Waals surface area (Å²) in [5, 5.41) is 0. The maximum absolute atomic E-state index is 2.56. The fourth-order valence-electron chi connectivity index (χ4n) is 2.67. The molecule has 1 aromatic rings. The number of hydrogen-bond acceptors (Lipinski definition) is 0. The predicted molar refractivity (Wildman–Crippen MR) is 74.5 cm³/mol. The highest BCUT2D eigenvalue weighted by Gasteiger charge is 2.23. The van der Waals surface area contributed by atoms with Crippen LogP contribution in [0.1, 0.15) is 31.2 Å². The van der Waals surface area contributed by atoms with E-state index in [1.54, 1.807) is 0 Å². The standard InChI is InChI=1S/C14H19I/c15-11-14-9-5-4-8-13(14)10-12-6-2-1-3-7-12/h1-3,6-7,13-14H,4-5,8-11H2/t13-,14-/m0/s1. The molecular formula is C14H19I. The van der Waals surface area contributed by atoms with Gasteiger partial charge in [0.1, 0.15) is 0 Å². The Hall–Kier alpha value is -0.0500. The first-order chi connectivity index (χ1) is 7.40. The van der Waals surface area contributed by atoms with Gasteiger partial charge in [-0.25, -0.2) is 0 Å². The number of rotatable bonds is 3. The summed E-state index contributed by atoms with van der Waals surface area (Å²) in [6.07, 6.45) is 7.11. The van der Waals surface area contributed by atoms with Gasteiger partial charge in [-0.2, -0.15) is 0 Å². The van der Waals surface area contributed by atoms with Crippen LogP contribution in [-0.2, 0) is 6.42 Å². The normalized spacial score (nSPS) is 26.5. The molecule has 0 heterocycles. The van der Waals surface area contributed by atoms with Gasteiger partial charge in [-0.3, -0.25) is 0 Å². The van der Waals surface area contributed by atoms with E-state index in [2.05, 4.69) is 52.9 Å². The van der Waals surface area contributed by atoms with Crippen LogP contribution in [0.4, 0.5) is 0 Å². The molecule has 82 valence electrons. The molecule has 0 radical (unpaired) electrons. The van der Waals surface area contributed by atoms with Crippen molar-refractivity contribution in [3.63, 3.8) is 0 Å². The lowest BCUT2D eigenvalue weighted by atomic mass is 9.77. The number of benzene rings is 1. The summed E-state index contributed by atoms with van der Waals surface area (Å²) in [6, 6.07) is 11.0. The molecule has 1 heteroatoms. The van der Waals surface area contributed by atoms with E-state index in [9.17, 15) is 0 Å². The Morgan fingerprint density at radius 1 is 1.00 bits per heavy atom. The molecule has 0 spiro atoms. The highest BCUT2D eigenvalue weighted by Crippen LogP contribution is 2.33. The molecule has 0 N–H and O–H groups in total. The number of hydrogen-bond donors (Lipinski definition) is 0. The van der Waals surface area contributed by atoms with E-state index in [4.69, 9.17) is 0 Å². The van der Waals surface area contributed by atoms with Gasteiger partial charge < -0.3 is 0 Å². The Morgan fingerprint density at radius 2 is 1.67 bits per heavy atom.